The Morgan fingerprint density at radius 2 is 2.19 bits per heavy atom. The fraction of sp³-hybridized carbons (Fsp3) is 0.231. The summed E-state index contributed by atoms with van der Waals surface area (Å²) >= 11 is 6.09. The highest BCUT2D eigenvalue weighted by Crippen LogP contribution is 2.31. The molecule has 0 radical (unpaired) electrons. The fourth-order valence-electron chi connectivity index (χ4n) is 2.59. The van der Waals surface area contributed by atoms with Gasteiger partial charge in [0, 0.05) is 23.4 Å². The molecule has 0 saturated heterocycles. The molecule has 0 atom stereocenters. The second-order valence-electron chi connectivity index (χ2n) is 4.74. The molecule has 0 unspecified atom stereocenters. The van der Waals surface area contributed by atoms with Crippen molar-refractivity contribution in [3.05, 3.63) is 50.3 Å². The first-order chi connectivity index (χ1) is 9.99. The molecule has 1 aromatic carbocycles. The van der Waals surface area contributed by atoms with Gasteiger partial charge < -0.3 is 5.11 Å². The fourth-order valence-corrected chi connectivity index (χ4v) is 2.84. The maximum Gasteiger partial charge on any atom is 0.356 e. The van der Waals surface area contributed by atoms with Gasteiger partial charge in [-0.2, -0.15) is 5.10 Å². The molecule has 21 heavy (non-hydrogen) atoms. The van der Waals surface area contributed by atoms with Crippen molar-refractivity contribution in [2.45, 2.75) is 19.3 Å². The zero-order valence-corrected chi connectivity index (χ0v) is 11.5. The summed E-state index contributed by atoms with van der Waals surface area (Å²) in [5.74, 6) is -1.08. The maximum atomic E-state index is 11.2. The third-order valence-electron chi connectivity index (χ3n) is 3.50. The maximum absolute atomic E-state index is 11.2. The van der Waals surface area contributed by atoms with Crippen molar-refractivity contribution >= 4 is 23.3 Å². The summed E-state index contributed by atoms with van der Waals surface area (Å²) in [6.07, 6.45) is 2.24. The number of nitro groups is 1. The van der Waals surface area contributed by atoms with Crippen molar-refractivity contribution in [2.75, 3.05) is 0 Å². The van der Waals surface area contributed by atoms with Crippen molar-refractivity contribution in [1.82, 2.24) is 9.78 Å². The van der Waals surface area contributed by atoms with Crippen LogP contribution in [0.1, 0.15) is 28.2 Å². The van der Waals surface area contributed by atoms with E-state index >= 15 is 0 Å². The van der Waals surface area contributed by atoms with Crippen molar-refractivity contribution in [3.8, 4) is 5.69 Å². The Bertz CT molecular complexity index is 769. The SMILES string of the molecule is O=C(O)c1nn(-c2ccc([N+](=O)[O-])cc2Cl)c2c1CCC2. The van der Waals surface area contributed by atoms with Gasteiger partial charge in [-0.05, 0) is 25.3 Å². The molecule has 1 heterocycles. The lowest BCUT2D eigenvalue weighted by Crippen LogP contribution is -2.05. The molecule has 3 rings (SSSR count). The Hall–Kier alpha value is -2.41. The van der Waals surface area contributed by atoms with Crippen LogP contribution in [0.2, 0.25) is 5.02 Å². The smallest absolute Gasteiger partial charge is 0.356 e. The number of hydrogen-bond donors (Lipinski definition) is 1. The summed E-state index contributed by atoms with van der Waals surface area (Å²) in [5, 5.41) is 24.2. The molecular formula is C13H10ClN3O4. The van der Waals surface area contributed by atoms with Crippen LogP contribution in [0.15, 0.2) is 18.2 Å². The van der Waals surface area contributed by atoms with E-state index in [0.717, 1.165) is 17.7 Å². The van der Waals surface area contributed by atoms with Crippen LogP contribution in [0.4, 0.5) is 5.69 Å². The van der Waals surface area contributed by atoms with Crippen molar-refractivity contribution in [2.24, 2.45) is 0 Å². The van der Waals surface area contributed by atoms with Gasteiger partial charge in [0.2, 0.25) is 0 Å². The topological polar surface area (TPSA) is 98.3 Å². The Morgan fingerprint density at radius 1 is 1.43 bits per heavy atom. The minimum Gasteiger partial charge on any atom is -0.476 e. The normalized spacial score (nSPS) is 13.2. The molecule has 7 nitrogen and oxygen atoms in total. The first-order valence-corrected chi connectivity index (χ1v) is 6.65. The van der Waals surface area contributed by atoms with Gasteiger partial charge in [0.05, 0.1) is 15.6 Å². The molecule has 1 aliphatic carbocycles. The van der Waals surface area contributed by atoms with E-state index in [0.29, 0.717) is 18.5 Å². The minimum atomic E-state index is -1.08. The van der Waals surface area contributed by atoms with E-state index in [2.05, 4.69) is 5.10 Å². The highest BCUT2D eigenvalue weighted by Gasteiger charge is 2.27. The third-order valence-corrected chi connectivity index (χ3v) is 3.81. The van der Waals surface area contributed by atoms with Crippen LogP contribution in [0.5, 0.6) is 0 Å². The van der Waals surface area contributed by atoms with E-state index < -0.39 is 10.9 Å². The van der Waals surface area contributed by atoms with E-state index in [1.165, 1.54) is 22.9 Å². The van der Waals surface area contributed by atoms with Crippen molar-refractivity contribution in [1.29, 1.82) is 0 Å². The third kappa shape index (κ3) is 2.15. The first-order valence-electron chi connectivity index (χ1n) is 6.27. The second kappa shape index (κ2) is 4.85. The van der Waals surface area contributed by atoms with Gasteiger partial charge in [0.1, 0.15) is 0 Å². The molecule has 0 aliphatic heterocycles. The van der Waals surface area contributed by atoms with Gasteiger partial charge >= 0.3 is 5.97 Å². The number of hydrogen-bond acceptors (Lipinski definition) is 4. The average Bonchev–Trinajstić information content (AvgIpc) is 3.00. The largest absolute Gasteiger partial charge is 0.476 e. The number of halogens is 1. The molecule has 1 aliphatic rings. The van der Waals surface area contributed by atoms with Crippen LogP contribution >= 0.6 is 11.6 Å². The Morgan fingerprint density at radius 3 is 2.81 bits per heavy atom. The standard InChI is InChI=1S/C13H10ClN3O4/c14-9-6-7(17(20)21)4-5-11(9)16-10-3-1-2-8(10)12(15-16)13(18)19/h4-6H,1-3H2,(H,18,19). The summed E-state index contributed by atoms with van der Waals surface area (Å²) < 4.78 is 1.48. The number of carboxylic acid groups (broad SMARTS) is 1. The summed E-state index contributed by atoms with van der Waals surface area (Å²) in [7, 11) is 0. The summed E-state index contributed by atoms with van der Waals surface area (Å²) in [6.45, 7) is 0. The van der Waals surface area contributed by atoms with Crippen LogP contribution < -0.4 is 0 Å². The lowest BCUT2D eigenvalue weighted by Gasteiger charge is -2.07. The molecule has 0 fully saturated rings. The van der Waals surface area contributed by atoms with Crippen molar-refractivity contribution in [3.63, 3.8) is 0 Å². The number of rotatable bonds is 3. The van der Waals surface area contributed by atoms with E-state index in [4.69, 9.17) is 11.6 Å². The number of benzene rings is 1. The number of non-ortho nitro benzene ring substituents is 1. The van der Waals surface area contributed by atoms with E-state index in [1.807, 2.05) is 0 Å². The number of fused-ring (bicyclic) bond motifs is 1. The lowest BCUT2D eigenvalue weighted by atomic mass is 10.2. The van der Waals surface area contributed by atoms with Gasteiger partial charge in [-0.1, -0.05) is 11.6 Å². The van der Waals surface area contributed by atoms with Crippen LogP contribution in [0, 0.1) is 10.1 Å². The van der Waals surface area contributed by atoms with Gasteiger partial charge in [0.15, 0.2) is 5.69 Å². The van der Waals surface area contributed by atoms with Crippen LogP contribution in [0.3, 0.4) is 0 Å². The zero-order chi connectivity index (χ0) is 15.1. The van der Waals surface area contributed by atoms with E-state index in [9.17, 15) is 20.0 Å². The van der Waals surface area contributed by atoms with Gasteiger partial charge in [-0.3, -0.25) is 10.1 Å². The Labute approximate surface area is 123 Å². The number of nitro benzene ring substituents is 1. The Balaban J connectivity index is 2.16. The number of carbonyl (C=O) groups is 1. The molecule has 0 saturated carbocycles. The second-order valence-corrected chi connectivity index (χ2v) is 5.14. The van der Waals surface area contributed by atoms with Gasteiger partial charge in [-0.15, -0.1) is 0 Å². The van der Waals surface area contributed by atoms with Crippen LogP contribution in [-0.4, -0.2) is 25.8 Å². The van der Waals surface area contributed by atoms with Crippen LogP contribution in [-0.2, 0) is 12.8 Å². The molecular weight excluding hydrogens is 298 g/mol. The average molecular weight is 308 g/mol. The summed E-state index contributed by atoms with van der Waals surface area (Å²) in [5.41, 5.74) is 1.89. The molecule has 108 valence electrons. The first kappa shape index (κ1) is 13.6. The highest BCUT2D eigenvalue weighted by atomic mass is 35.5. The predicted molar refractivity (Wildman–Crippen MR) is 74.2 cm³/mol. The monoisotopic (exact) mass is 307 g/mol. The van der Waals surface area contributed by atoms with E-state index in [1.54, 1.807) is 0 Å². The molecule has 1 N–H and O–H groups in total. The number of aromatic carboxylic acids is 1. The molecule has 0 amide bonds. The molecule has 1 aromatic heterocycles. The van der Waals surface area contributed by atoms with Gasteiger partial charge in [-0.25, -0.2) is 9.48 Å². The summed E-state index contributed by atoms with van der Waals surface area (Å²) in [6, 6.07) is 4.04. The lowest BCUT2D eigenvalue weighted by molar-refractivity contribution is -0.384. The van der Waals surface area contributed by atoms with Crippen molar-refractivity contribution < 1.29 is 14.8 Å². The Kier molecular flexibility index (Phi) is 3.13. The predicted octanol–water partition coefficient (Wildman–Crippen LogP) is 2.62. The highest BCUT2D eigenvalue weighted by molar-refractivity contribution is 6.32. The number of aromatic nitrogens is 2. The zero-order valence-electron chi connectivity index (χ0n) is 10.7. The quantitative estimate of drug-likeness (QED) is 0.694. The number of carboxylic acids is 1. The minimum absolute atomic E-state index is 0.0249. The van der Waals surface area contributed by atoms with Gasteiger partial charge in [0.25, 0.3) is 5.69 Å². The molecule has 0 bridgehead atoms. The molecule has 0 spiro atoms. The number of nitrogens with zero attached hydrogens (tertiary/aromatic N) is 3. The summed E-state index contributed by atoms with van der Waals surface area (Å²) in [4.78, 5) is 21.4. The van der Waals surface area contributed by atoms with Crippen LogP contribution in [0.25, 0.3) is 5.69 Å². The van der Waals surface area contributed by atoms with E-state index in [-0.39, 0.29) is 16.4 Å². The molecule has 2 aromatic rings. The molecule has 8 heteroatoms.